The minimum absolute atomic E-state index is 0.836. The van der Waals surface area contributed by atoms with Crippen molar-refractivity contribution in [1.29, 1.82) is 0 Å². The molecule has 1 N–H and O–H groups in total. The maximum absolute atomic E-state index is 3.87. The molecule has 16 heavy (non-hydrogen) atoms. The molecule has 3 saturated carbocycles. The number of rotatable bonds is 3. The van der Waals surface area contributed by atoms with Crippen molar-refractivity contribution in [2.45, 2.75) is 44.6 Å². The Labute approximate surface area is 98.7 Å². The van der Waals surface area contributed by atoms with Crippen molar-refractivity contribution >= 4 is 0 Å². The third kappa shape index (κ3) is 1.40. The van der Waals surface area contributed by atoms with Gasteiger partial charge in [0.1, 0.15) is 0 Å². The third-order valence-electron chi connectivity index (χ3n) is 5.89. The molecule has 4 aliphatic carbocycles. The summed E-state index contributed by atoms with van der Waals surface area (Å²) < 4.78 is 0. The molecule has 1 heteroatoms. The lowest BCUT2D eigenvalue weighted by Crippen LogP contribution is -2.49. The van der Waals surface area contributed by atoms with Gasteiger partial charge in [0, 0.05) is 6.04 Å². The highest BCUT2D eigenvalue weighted by molar-refractivity contribution is 5.13. The summed E-state index contributed by atoms with van der Waals surface area (Å²) in [6.07, 6.45) is 13.8. The van der Waals surface area contributed by atoms with Crippen molar-refractivity contribution in [2.24, 2.45) is 29.6 Å². The molecule has 0 radical (unpaired) electrons. The summed E-state index contributed by atoms with van der Waals surface area (Å²) in [6, 6.07) is 0.836. The lowest BCUT2D eigenvalue weighted by Gasteiger charge is -2.41. The van der Waals surface area contributed by atoms with Gasteiger partial charge in [-0.15, -0.1) is 0 Å². The molecular formula is C15H23N. The molecule has 0 aliphatic heterocycles. The maximum atomic E-state index is 3.87. The van der Waals surface area contributed by atoms with Crippen LogP contribution in [-0.2, 0) is 0 Å². The van der Waals surface area contributed by atoms with Crippen LogP contribution in [0.4, 0.5) is 0 Å². The van der Waals surface area contributed by atoms with Gasteiger partial charge in [-0.25, -0.2) is 0 Å². The van der Waals surface area contributed by atoms with E-state index in [1.807, 2.05) is 0 Å². The third-order valence-corrected chi connectivity index (χ3v) is 5.89. The van der Waals surface area contributed by atoms with Gasteiger partial charge in [-0.05, 0) is 68.2 Å². The molecule has 0 amide bonds. The molecular weight excluding hydrogens is 194 g/mol. The van der Waals surface area contributed by atoms with E-state index in [1.165, 1.54) is 38.6 Å². The van der Waals surface area contributed by atoms with Crippen LogP contribution in [0.15, 0.2) is 12.2 Å². The van der Waals surface area contributed by atoms with Crippen molar-refractivity contribution in [3.05, 3.63) is 12.2 Å². The molecule has 3 fully saturated rings. The van der Waals surface area contributed by atoms with Gasteiger partial charge in [-0.1, -0.05) is 18.6 Å². The van der Waals surface area contributed by atoms with Gasteiger partial charge in [0.25, 0.3) is 0 Å². The first-order valence-electron chi connectivity index (χ1n) is 7.30. The molecule has 1 nitrogen and oxygen atoms in total. The Morgan fingerprint density at radius 3 is 2.81 bits per heavy atom. The lowest BCUT2D eigenvalue weighted by molar-refractivity contribution is 0.151. The highest BCUT2D eigenvalue weighted by atomic mass is 15.0. The zero-order valence-corrected chi connectivity index (χ0v) is 10.1. The average molecular weight is 217 g/mol. The molecule has 4 rings (SSSR count). The van der Waals surface area contributed by atoms with Crippen LogP contribution in [-0.4, -0.2) is 12.6 Å². The van der Waals surface area contributed by atoms with Gasteiger partial charge in [-0.3, -0.25) is 0 Å². The van der Waals surface area contributed by atoms with Crippen molar-refractivity contribution in [1.82, 2.24) is 5.32 Å². The van der Waals surface area contributed by atoms with Crippen LogP contribution in [0.5, 0.6) is 0 Å². The predicted octanol–water partition coefficient (Wildman–Crippen LogP) is 2.98. The molecule has 2 bridgehead atoms. The second-order valence-electron chi connectivity index (χ2n) is 6.69. The first-order valence-corrected chi connectivity index (χ1v) is 7.30. The van der Waals surface area contributed by atoms with Crippen LogP contribution in [0.1, 0.15) is 38.5 Å². The second-order valence-corrected chi connectivity index (χ2v) is 6.69. The number of nitrogens with one attached hydrogen (secondary N) is 1. The Morgan fingerprint density at radius 1 is 1.06 bits per heavy atom. The SMILES string of the molecule is C1=CC2C(C1)CC2NCC1CC2CCC1C2. The summed E-state index contributed by atoms with van der Waals surface area (Å²) in [6.45, 7) is 1.32. The van der Waals surface area contributed by atoms with E-state index in [2.05, 4.69) is 17.5 Å². The van der Waals surface area contributed by atoms with Crippen LogP contribution in [0, 0.1) is 29.6 Å². The molecule has 0 saturated heterocycles. The Bertz CT molecular complexity index is 309. The monoisotopic (exact) mass is 217 g/mol. The standard InChI is InChI=1S/C15H23N/c1-2-12-8-15(14(12)3-1)16-9-13-7-10-4-5-11(13)6-10/h1,3,10-16H,2,4-9H2. The smallest absolute Gasteiger partial charge is 0.0136 e. The summed E-state index contributed by atoms with van der Waals surface area (Å²) in [7, 11) is 0. The van der Waals surface area contributed by atoms with E-state index in [9.17, 15) is 0 Å². The minimum Gasteiger partial charge on any atom is -0.313 e. The van der Waals surface area contributed by atoms with Crippen LogP contribution in [0.25, 0.3) is 0 Å². The van der Waals surface area contributed by atoms with E-state index in [4.69, 9.17) is 0 Å². The van der Waals surface area contributed by atoms with Crippen LogP contribution < -0.4 is 5.32 Å². The minimum atomic E-state index is 0.836. The topological polar surface area (TPSA) is 12.0 Å². The summed E-state index contributed by atoms with van der Waals surface area (Å²) in [5.74, 6) is 5.14. The predicted molar refractivity (Wildman–Crippen MR) is 66.1 cm³/mol. The Hall–Kier alpha value is -0.300. The summed E-state index contributed by atoms with van der Waals surface area (Å²) >= 11 is 0. The second kappa shape index (κ2) is 3.60. The molecule has 6 atom stereocenters. The van der Waals surface area contributed by atoms with E-state index in [1.54, 1.807) is 6.42 Å². The molecule has 0 heterocycles. The Kier molecular flexibility index (Phi) is 2.18. The molecule has 88 valence electrons. The maximum Gasteiger partial charge on any atom is 0.0136 e. The van der Waals surface area contributed by atoms with Gasteiger partial charge < -0.3 is 5.32 Å². The van der Waals surface area contributed by atoms with E-state index in [0.717, 1.165) is 35.6 Å². The number of hydrogen-bond donors (Lipinski definition) is 1. The molecule has 0 spiro atoms. The molecule has 6 unspecified atom stereocenters. The van der Waals surface area contributed by atoms with Gasteiger partial charge in [0.15, 0.2) is 0 Å². The van der Waals surface area contributed by atoms with Crippen LogP contribution in [0.3, 0.4) is 0 Å². The number of allylic oxidation sites excluding steroid dienone is 1. The molecule has 4 aliphatic rings. The van der Waals surface area contributed by atoms with Crippen LogP contribution >= 0.6 is 0 Å². The molecule has 0 aromatic rings. The molecule has 0 aromatic heterocycles. The van der Waals surface area contributed by atoms with Crippen molar-refractivity contribution < 1.29 is 0 Å². The average Bonchev–Trinajstić information content (AvgIpc) is 2.94. The van der Waals surface area contributed by atoms with Crippen molar-refractivity contribution in [2.75, 3.05) is 6.54 Å². The zero-order valence-electron chi connectivity index (χ0n) is 10.1. The quantitative estimate of drug-likeness (QED) is 0.717. The van der Waals surface area contributed by atoms with E-state index in [0.29, 0.717) is 0 Å². The largest absolute Gasteiger partial charge is 0.313 e. The van der Waals surface area contributed by atoms with E-state index in [-0.39, 0.29) is 0 Å². The normalized spacial score (nSPS) is 53.0. The van der Waals surface area contributed by atoms with Gasteiger partial charge in [0.05, 0.1) is 0 Å². The van der Waals surface area contributed by atoms with Crippen molar-refractivity contribution in [3.8, 4) is 0 Å². The van der Waals surface area contributed by atoms with Gasteiger partial charge >= 0.3 is 0 Å². The summed E-state index contributed by atoms with van der Waals surface area (Å²) in [4.78, 5) is 0. The zero-order chi connectivity index (χ0) is 10.5. The van der Waals surface area contributed by atoms with E-state index >= 15 is 0 Å². The Balaban J connectivity index is 1.29. The first-order chi connectivity index (χ1) is 7.90. The Morgan fingerprint density at radius 2 is 2.06 bits per heavy atom. The van der Waals surface area contributed by atoms with Crippen LogP contribution in [0.2, 0.25) is 0 Å². The van der Waals surface area contributed by atoms with Crippen molar-refractivity contribution in [3.63, 3.8) is 0 Å². The number of hydrogen-bond acceptors (Lipinski definition) is 1. The van der Waals surface area contributed by atoms with E-state index < -0.39 is 0 Å². The fourth-order valence-electron chi connectivity index (χ4n) is 4.88. The summed E-state index contributed by atoms with van der Waals surface area (Å²) in [5, 5.41) is 3.87. The number of fused-ring (bicyclic) bond motifs is 3. The highest BCUT2D eigenvalue weighted by Gasteiger charge is 2.43. The fourth-order valence-corrected chi connectivity index (χ4v) is 4.88. The first kappa shape index (κ1) is 9.70. The molecule has 0 aromatic carbocycles. The van der Waals surface area contributed by atoms with Gasteiger partial charge in [0.2, 0.25) is 0 Å². The van der Waals surface area contributed by atoms with Gasteiger partial charge in [-0.2, -0.15) is 0 Å². The summed E-state index contributed by atoms with van der Waals surface area (Å²) in [5.41, 5.74) is 0. The highest BCUT2D eigenvalue weighted by Crippen LogP contribution is 2.48. The lowest BCUT2D eigenvalue weighted by atomic mass is 9.71. The fraction of sp³-hybridized carbons (Fsp3) is 0.867.